The van der Waals surface area contributed by atoms with Gasteiger partial charge in [0.1, 0.15) is 0 Å². The Morgan fingerprint density at radius 3 is 1.68 bits per heavy atom. The van der Waals surface area contributed by atoms with Crippen LogP contribution in [0, 0.1) is 12.8 Å². The minimum Gasteiger partial charge on any atom is -0.147 e. The maximum atomic E-state index is 7.60. The van der Waals surface area contributed by atoms with Gasteiger partial charge in [0.15, 0.2) is 0 Å². The van der Waals surface area contributed by atoms with E-state index in [1.807, 2.05) is 0 Å². The molecule has 0 bridgehead atoms. The molecule has 0 saturated heterocycles. The molecular weight excluding hydrogens is 583 g/mol. The van der Waals surface area contributed by atoms with Crippen LogP contribution in [0.3, 0.4) is 0 Å². The van der Waals surface area contributed by atoms with E-state index >= 15 is 0 Å². The summed E-state index contributed by atoms with van der Waals surface area (Å²) in [7, 11) is -1.19. The minimum atomic E-state index is -2.56. The average Bonchev–Trinajstić information content (AvgIpc) is 3.06. The van der Waals surface area contributed by atoms with Gasteiger partial charge in [-0.05, 0) is 0 Å². The Balaban J connectivity index is 0.00000280. The van der Waals surface area contributed by atoms with Gasteiger partial charge in [-0.1, -0.05) is 0 Å². The molecule has 1 aliphatic rings. The van der Waals surface area contributed by atoms with Gasteiger partial charge in [-0.3, -0.25) is 0 Å². The van der Waals surface area contributed by atoms with Crippen molar-refractivity contribution in [3.63, 3.8) is 0 Å². The Kier molecular flexibility index (Phi) is 12.1. The topological polar surface area (TPSA) is 9.23 Å². The van der Waals surface area contributed by atoms with Gasteiger partial charge in [0, 0.05) is 0 Å². The van der Waals surface area contributed by atoms with E-state index in [4.69, 9.17) is 3.32 Å². The summed E-state index contributed by atoms with van der Waals surface area (Å²) >= 11 is -2.56. The van der Waals surface area contributed by atoms with Crippen molar-refractivity contribution in [2.75, 3.05) is 0 Å². The second-order valence-electron chi connectivity index (χ2n) is 12.2. The molecule has 3 aromatic carbocycles. The van der Waals surface area contributed by atoms with Crippen LogP contribution in [0.1, 0.15) is 70.7 Å². The number of aryl methyl sites for hydroxylation is 1. The molecule has 0 saturated carbocycles. The standard InChI is InChI=1S/C13H22OSi.C13H10.C9H13.2ClH.Ti/c1-9-7-10(13(2,3)4)12(15(5)6)11(14)8-9;1-3-7-12(8-4-1)11-13-9-5-2-6-10-13;1-6-5-7(2)9(4)8(6)3;;;/h7-8,14-15H,1-6H3;1-10H;6H,1-4H3;2*1H;/q;;;;;+1/p-1. The Labute approximate surface area is 263 Å². The van der Waals surface area contributed by atoms with Gasteiger partial charge in [-0.15, -0.1) is 24.8 Å². The zero-order chi connectivity index (χ0) is 27.8. The maximum absolute atomic E-state index is 7.60. The summed E-state index contributed by atoms with van der Waals surface area (Å²) in [6.45, 7) is 23.5. The van der Waals surface area contributed by atoms with Crippen molar-refractivity contribution in [1.82, 2.24) is 0 Å². The van der Waals surface area contributed by atoms with Gasteiger partial charge < -0.3 is 0 Å². The number of rotatable bonds is 6. The number of hydrogen-bond acceptors (Lipinski definition) is 1. The van der Waals surface area contributed by atoms with Crippen molar-refractivity contribution in [3.8, 4) is 5.75 Å². The fourth-order valence-corrected chi connectivity index (χ4v) is 12.3. The Bertz CT molecular complexity index is 1390. The van der Waals surface area contributed by atoms with E-state index in [0.717, 1.165) is 5.75 Å². The van der Waals surface area contributed by atoms with Crippen LogP contribution in [-0.4, -0.2) is 12.6 Å². The summed E-state index contributed by atoms with van der Waals surface area (Å²) in [6.07, 6.45) is 0. The normalized spacial score (nSPS) is 15.1. The molecule has 40 heavy (non-hydrogen) atoms. The van der Waals surface area contributed by atoms with E-state index in [1.54, 1.807) is 3.88 Å². The molecule has 1 unspecified atom stereocenters. The fraction of sp³-hybridized carbons (Fsp3) is 0.343. The molecule has 0 spiro atoms. The van der Waals surface area contributed by atoms with E-state index in [-0.39, 0.29) is 30.2 Å². The van der Waals surface area contributed by atoms with Crippen molar-refractivity contribution in [2.45, 2.75) is 73.9 Å². The predicted molar refractivity (Wildman–Crippen MR) is 180 cm³/mol. The van der Waals surface area contributed by atoms with Gasteiger partial charge in [0.25, 0.3) is 0 Å². The van der Waals surface area contributed by atoms with Crippen molar-refractivity contribution >= 4 is 42.6 Å². The molecule has 0 aromatic heterocycles. The smallest absolute Gasteiger partial charge is 0.147 e. The maximum Gasteiger partial charge on any atom is -0.147 e. The molecule has 0 heterocycles. The van der Waals surface area contributed by atoms with Crippen molar-refractivity contribution in [3.05, 3.63) is 116 Å². The van der Waals surface area contributed by atoms with Crippen LogP contribution in [0.2, 0.25) is 13.1 Å². The monoisotopic (exact) mass is 628 g/mol. The SMILES string of the molecule is CC1=C(C)C(C)[C]([Ti]([O]c2cc(C)cc(C(C)(C)C)c2[SiH](C)C)=[C](c2ccccc2)c2ccccc2)=C1C.Cl.Cl. The van der Waals surface area contributed by atoms with Crippen molar-refractivity contribution < 1.29 is 21.1 Å². The van der Waals surface area contributed by atoms with E-state index in [0.29, 0.717) is 5.92 Å². The van der Waals surface area contributed by atoms with E-state index in [2.05, 4.69) is 141 Å². The van der Waals surface area contributed by atoms with Gasteiger partial charge in [0.2, 0.25) is 0 Å². The molecule has 5 heteroatoms. The molecule has 4 rings (SSSR count). The largest absolute Gasteiger partial charge is 0.147 e. The molecule has 0 radical (unpaired) electrons. The number of hydrogen-bond donors (Lipinski definition) is 0. The minimum absolute atomic E-state index is 0. The van der Waals surface area contributed by atoms with Crippen LogP contribution >= 0.6 is 24.8 Å². The fourth-order valence-electron chi connectivity index (χ4n) is 5.78. The summed E-state index contributed by atoms with van der Waals surface area (Å²) in [5.74, 6) is 1.55. The first-order valence-corrected chi connectivity index (χ1v) is 19.1. The van der Waals surface area contributed by atoms with Gasteiger partial charge >= 0.3 is 240 Å². The van der Waals surface area contributed by atoms with E-state index in [1.165, 1.54) is 48.0 Å². The van der Waals surface area contributed by atoms with Gasteiger partial charge in [0.05, 0.1) is 0 Å². The first kappa shape index (κ1) is 34.5. The Morgan fingerprint density at radius 1 is 0.775 bits per heavy atom. The summed E-state index contributed by atoms with van der Waals surface area (Å²) in [4.78, 5) is 0. The zero-order valence-electron chi connectivity index (χ0n) is 25.8. The third-order valence-corrected chi connectivity index (χ3v) is 14.2. The summed E-state index contributed by atoms with van der Waals surface area (Å²) in [6, 6.07) is 26.7. The molecule has 0 amide bonds. The van der Waals surface area contributed by atoms with Crippen LogP contribution in [0.25, 0.3) is 0 Å². The number of halogens is 2. The third-order valence-electron chi connectivity index (χ3n) is 8.12. The molecule has 214 valence electrons. The second-order valence-corrected chi connectivity index (χ2v) is 18.1. The molecule has 0 N–H and O–H groups in total. The van der Waals surface area contributed by atoms with Crippen LogP contribution in [0.4, 0.5) is 0 Å². The van der Waals surface area contributed by atoms with Gasteiger partial charge in [-0.25, -0.2) is 0 Å². The second kappa shape index (κ2) is 14.0. The summed E-state index contributed by atoms with van der Waals surface area (Å²) in [5, 5.41) is 1.50. The first-order valence-electron chi connectivity index (χ1n) is 14.0. The summed E-state index contributed by atoms with van der Waals surface area (Å²) in [5.41, 5.74) is 9.78. The molecule has 1 atom stereocenters. The molecule has 0 aliphatic heterocycles. The van der Waals surface area contributed by atoms with E-state index in [9.17, 15) is 0 Å². The van der Waals surface area contributed by atoms with Crippen molar-refractivity contribution in [1.29, 1.82) is 0 Å². The Hall–Kier alpha value is -1.68. The van der Waals surface area contributed by atoms with Crippen LogP contribution in [-0.2, 0) is 23.2 Å². The van der Waals surface area contributed by atoms with Gasteiger partial charge in [-0.2, -0.15) is 0 Å². The van der Waals surface area contributed by atoms with Crippen LogP contribution in [0.15, 0.2) is 93.4 Å². The van der Waals surface area contributed by atoms with Crippen LogP contribution < -0.4 is 8.51 Å². The number of allylic oxidation sites excluding steroid dienone is 4. The number of benzene rings is 3. The molecule has 1 aliphatic carbocycles. The van der Waals surface area contributed by atoms with E-state index < -0.39 is 26.6 Å². The predicted octanol–water partition coefficient (Wildman–Crippen LogP) is 9.27. The molecule has 0 fully saturated rings. The summed E-state index contributed by atoms with van der Waals surface area (Å²) < 4.78 is 10.6. The molecular formula is C35H46Cl2OSiTi. The van der Waals surface area contributed by atoms with Crippen molar-refractivity contribution in [2.24, 2.45) is 5.92 Å². The average molecular weight is 630 g/mol. The third kappa shape index (κ3) is 7.02. The van der Waals surface area contributed by atoms with Crippen LogP contribution in [0.5, 0.6) is 5.75 Å². The quantitative estimate of drug-likeness (QED) is 0.247. The molecule has 3 aromatic rings. The molecule has 1 nitrogen and oxygen atoms in total. The zero-order valence-corrected chi connectivity index (χ0v) is 30.2. The first-order chi connectivity index (χ1) is 17.9. The Morgan fingerprint density at radius 2 is 1.27 bits per heavy atom.